The van der Waals surface area contributed by atoms with Gasteiger partial charge >= 0.3 is 0 Å². The Balaban J connectivity index is 1.89. The molecular weight excluding hydrogens is 643 g/mol. The van der Waals surface area contributed by atoms with Gasteiger partial charge in [0.15, 0.2) is 11.3 Å². The molecule has 1 unspecified atom stereocenters. The molecule has 0 saturated heterocycles. The number of nitrogen functional groups attached to an aromatic ring is 1. The number of hydrogen-bond donors (Lipinski definition) is 1. The molecule has 0 saturated carbocycles. The Morgan fingerprint density at radius 2 is 1.67 bits per heavy atom. The Morgan fingerprint density at radius 1 is 1.02 bits per heavy atom. The molecule has 0 spiro atoms. The Morgan fingerprint density at radius 3 is 2.26 bits per heavy atom. The monoisotopic (exact) mass is 682 g/mol. The number of aromatic nitrogens is 1. The molecule has 1 aliphatic rings. The summed E-state index contributed by atoms with van der Waals surface area (Å²) in [6.45, 7) is 12.4. The van der Waals surface area contributed by atoms with Crippen LogP contribution in [0.25, 0.3) is 5.69 Å². The zero-order chi connectivity index (χ0) is 33.7. The molecule has 1 aromatic heterocycles. The lowest BCUT2D eigenvalue weighted by atomic mass is 9.77. The molecule has 0 radical (unpaired) electrons. The fraction of sp³-hybridized carbons (Fsp3) is 0.343. The van der Waals surface area contributed by atoms with E-state index in [0.29, 0.717) is 52.4 Å². The van der Waals surface area contributed by atoms with E-state index in [-0.39, 0.29) is 16.6 Å². The maximum Gasteiger partial charge on any atom is 0.243 e. The summed E-state index contributed by atoms with van der Waals surface area (Å²) < 4.78 is 36.4. The van der Waals surface area contributed by atoms with Crippen molar-refractivity contribution >= 4 is 50.4 Å². The van der Waals surface area contributed by atoms with E-state index in [9.17, 15) is 13.2 Å². The lowest BCUT2D eigenvalue weighted by Crippen LogP contribution is -2.49. The van der Waals surface area contributed by atoms with E-state index >= 15 is 0 Å². The zero-order valence-electron chi connectivity index (χ0n) is 27.2. The topological polar surface area (TPSA) is 97.9 Å². The number of nitrogens with two attached hydrogens (primary N) is 1. The molecule has 244 valence electrons. The zero-order valence-corrected chi connectivity index (χ0v) is 29.5. The van der Waals surface area contributed by atoms with Crippen LogP contribution in [0.2, 0.25) is 10.0 Å². The van der Waals surface area contributed by atoms with Crippen molar-refractivity contribution < 1.29 is 17.9 Å². The molecule has 0 bridgehead atoms. The van der Waals surface area contributed by atoms with Crippen LogP contribution in [0.1, 0.15) is 68.5 Å². The third-order valence-corrected chi connectivity index (χ3v) is 11.4. The van der Waals surface area contributed by atoms with Crippen molar-refractivity contribution in [3.63, 3.8) is 0 Å². The summed E-state index contributed by atoms with van der Waals surface area (Å²) in [4.78, 5) is 16.7. The first-order chi connectivity index (χ1) is 21.7. The summed E-state index contributed by atoms with van der Waals surface area (Å²) in [6, 6.07) is 15.8. The number of carbonyl (C=O) groups excluding carboxylic acids is 1. The fourth-order valence-corrected chi connectivity index (χ4v) is 8.70. The largest absolute Gasteiger partial charge is 0.495 e. The maximum atomic E-state index is 14.4. The minimum Gasteiger partial charge on any atom is -0.495 e. The van der Waals surface area contributed by atoms with Crippen LogP contribution in [0.3, 0.4) is 0 Å². The van der Waals surface area contributed by atoms with E-state index < -0.39 is 15.6 Å². The number of methoxy groups -OCH3 is 1. The van der Waals surface area contributed by atoms with Gasteiger partial charge in [-0.05, 0) is 73.4 Å². The van der Waals surface area contributed by atoms with Crippen LogP contribution in [0, 0.1) is 6.92 Å². The predicted molar refractivity (Wildman–Crippen MR) is 186 cm³/mol. The van der Waals surface area contributed by atoms with Gasteiger partial charge in [0.1, 0.15) is 5.75 Å². The Labute approximate surface area is 281 Å². The molecule has 11 heteroatoms. The summed E-state index contributed by atoms with van der Waals surface area (Å²) in [5.74, 6) is 0.254. The van der Waals surface area contributed by atoms with Crippen LogP contribution < -0.4 is 15.4 Å². The minimum absolute atomic E-state index is 0.107. The van der Waals surface area contributed by atoms with Gasteiger partial charge in [-0.15, -0.1) is 0 Å². The van der Waals surface area contributed by atoms with Gasteiger partial charge in [0, 0.05) is 64.1 Å². The molecule has 46 heavy (non-hydrogen) atoms. The van der Waals surface area contributed by atoms with Gasteiger partial charge < -0.3 is 19.9 Å². The molecule has 2 N–H and O–H groups in total. The normalized spacial score (nSPS) is 16.4. The number of ether oxygens (including phenoxy) is 1. The molecule has 1 atom stereocenters. The number of hydrogen-bond acceptors (Lipinski definition) is 6. The van der Waals surface area contributed by atoms with Crippen LogP contribution in [-0.4, -0.2) is 43.3 Å². The van der Waals surface area contributed by atoms with Crippen molar-refractivity contribution in [2.75, 3.05) is 30.8 Å². The van der Waals surface area contributed by atoms with Crippen LogP contribution in [0.5, 0.6) is 5.75 Å². The average molecular weight is 684 g/mol. The van der Waals surface area contributed by atoms with Gasteiger partial charge in [0.25, 0.3) is 0 Å². The molecule has 0 amide bonds. The van der Waals surface area contributed by atoms with E-state index in [1.165, 1.54) is 4.31 Å². The third kappa shape index (κ3) is 5.27. The standard InChI is InChI=1S/C35H40Cl2N4O4S/c1-8-39(9-2)46(43,44)27-13-15-32(45-7)31(18-27)40-19-24-20-41(30-17-26(37)11-10-22(30)5)35(23(6)42,33(24)34(40)21(3)4)28-14-12-25(36)16-29(28)38/h10-19,21H,8-9,20,38H2,1-7H3. The lowest BCUT2D eigenvalue weighted by Gasteiger charge is -2.42. The van der Waals surface area contributed by atoms with E-state index in [0.717, 1.165) is 28.1 Å². The second-order valence-corrected chi connectivity index (χ2v) is 14.7. The van der Waals surface area contributed by atoms with Gasteiger partial charge in [0.2, 0.25) is 10.0 Å². The summed E-state index contributed by atoms with van der Waals surface area (Å²) in [6.07, 6.45) is 1.99. The molecule has 1 aliphatic heterocycles. The first-order valence-corrected chi connectivity index (χ1v) is 17.5. The van der Waals surface area contributed by atoms with E-state index in [1.807, 2.05) is 55.8 Å². The lowest BCUT2D eigenvalue weighted by molar-refractivity contribution is -0.120. The first kappa shape index (κ1) is 33.9. The number of fused-ring (bicyclic) bond motifs is 1. The molecule has 5 rings (SSSR count). The van der Waals surface area contributed by atoms with Crippen molar-refractivity contribution in [2.24, 2.45) is 0 Å². The predicted octanol–water partition coefficient (Wildman–Crippen LogP) is 7.69. The number of nitrogens with zero attached hydrogens (tertiary/aromatic N) is 3. The first-order valence-electron chi connectivity index (χ1n) is 15.3. The summed E-state index contributed by atoms with van der Waals surface area (Å²) >= 11 is 12.9. The second kappa shape index (κ2) is 12.6. The van der Waals surface area contributed by atoms with Crippen molar-refractivity contribution in [3.05, 3.63) is 98.8 Å². The van der Waals surface area contributed by atoms with Crippen LogP contribution in [0.4, 0.5) is 11.4 Å². The summed E-state index contributed by atoms with van der Waals surface area (Å²) in [5, 5.41) is 1.00. The quantitative estimate of drug-likeness (QED) is 0.172. The highest BCUT2D eigenvalue weighted by Gasteiger charge is 2.55. The van der Waals surface area contributed by atoms with Crippen molar-refractivity contribution in [1.82, 2.24) is 8.87 Å². The Kier molecular flexibility index (Phi) is 9.27. The highest BCUT2D eigenvalue weighted by Crippen LogP contribution is 2.54. The Hall–Kier alpha value is -3.50. The SMILES string of the molecule is CCN(CC)S(=O)(=O)c1ccc(OC)c(-n2cc3c(c2C(C)C)C(C(C)=O)(c2ccc(Cl)cc2N)N(c2cc(Cl)ccc2C)C3)c1. The Bertz CT molecular complexity index is 1930. The molecular formula is C35H40Cl2N4O4S. The molecule has 8 nitrogen and oxygen atoms in total. The second-order valence-electron chi connectivity index (χ2n) is 11.9. The molecule has 2 heterocycles. The number of benzene rings is 3. The number of sulfonamides is 1. The van der Waals surface area contributed by atoms with E-state index in [1.54, 1.807) is 44.4 Å². The number of halogens is 2. The van der Waals surface area contributed by atoms with Crippen LogP contribution in [0.15, 0.2) is 65.7 Å². The maximum absolute atomic E-state index is 14.4. The number of anilines is 2. The van der Waals surface area contributed by atoms with Crippen molar-refractivity contribution in [3.8, 4) is 11.4 Å². The number of carbonyl (C=O) groups is 1. The highest BCUT2D eigenvalue weighted by molar-refractivity contribution is 7.89. The van der Waals surface area contributed by atoms with Crippen molar-refractivity contribution in [1.29, 1.82) is 0 Å². The van der Waals surface area contributed by atoms with Gasteiger partial charge in [-0.3, -0.25) is 4.79 Å². The van der Waals surface area contributed by atoms with Gasteiger partial charge in [-0.1, -0.05) is 63.0 Å². The third-order valence-electron chi connectivity index (χ3n) is 8.89. The number of rotatable bonds is 10. The van der Waals surface area contributed by atoms with Crippen LogP contribution in [-0.2, 0) is 26.9 Å². The van der Waals surface area contributed by atoms with Crippen molar-refractivity contribution in [2.45, 2.75) is 64.4 Å². The van der Waals surface area contributed by atoms with Gasteiger partial charge in [-0.2, -0.15) is 4.31 Å². The molecule has 3 aromatic carbocycles. The van der Waals surface area contributed by atoms with Gasteiger partial charge in [0.05, 0.1) is 17.7 Å². The molecule has 0 aliphatic carbocycles. The minimum atomic E-state index is -3.77. The van der Waals surface area contributed by atoms with E-state index in [2.05, 4.69) is 18.7 Å². The van der Waals surface area contributed by atoms with Crippen LogP contribution >= 0.6 is 23.2 Å². The number of Topliss-reactive ketones (excluding diaryl/α,β-unsaturated/α-hetero) is 1. The molecule has 0 fully saturated rings. The van der Waals surface area contributed by atoms with E-state index in [4.69, 9.17) is 33.7 Å². The average Bonchev–Trinajstić information content (AvgIpc) is 3.53. The summed E-state index contributed by atoms with van der Waals surface area (Å²) in [5.41, 5.74) is 11.2. The number of ketones is 1. The highest BCUT2D eigenvalue weighted by atomic mass is 35.5. The fourth-order valence-electron chi connectivity index (χ4n) is 6.87. The number of aryl methyl sites for hydroxylation is 1. The molecule has 4 aromatic rings. The smallest absolute Gasteiger partial charge is 0.243 e. The summed E-state index contributed by atoms with van der Waals surface area (Å²) in [7, 11) is -2.21. The van der Waals surface area contributed by atoms with Gasteiger partial charge in [-0.25, -0.2) is 8.42 Å².